The van der Waals surface area contributed by atoms with Gasteiger partial charge in [0.15, 0.2) is 0 Å². The summed E-state index contributed by atoms with van der Waals surface area (Å²) in [5, 5.41) is 8.56. The van der Waals surface area contributed by atoms with E-state index in [-0.39, 0.29) is 5.56 Å². The minimum Gasteiger partial charge on any atom is -0.478 e. The van der Waals surface area contributed by atoms with Crippen LogP contribution in [0.15, 0.2) is 18.2 Å². The topological polar surface area (TPSA) is 63.3 Å². The maximum absolute atomic E-state index is 10.4. The van der Waals surface area contributed by atoms with Crippen molar-refractivity contribution in [1.29, 1.82) is 0 Å². The fourth-order valence-corrected chi connectivity index (χ4v) is 0.809. The largest absolute Gasteiger partial charge is 0.478 e. The number of rotatable bonds is 1. The predicted octanol–water partition coefficient (Wildman–Crippen LogP) is 3.72. The summed E-state index contributed by atoms with van der Waals surface area (Å²) in [7, 11) is 0. The Labute approximate surface area is 98.3 Å². The van der Waals surface area contributed by atoms with E-state index in [9.17, 15) is 4.79 Å². The van der Waals surface area contributed by atoms with Gasteiger partial charge in [-0.2, -0.15) is 0 Å². The van der Waals surface area contributed by atoms with Gasteiger partial charge in [0.25, 0.3) is 0 Å². The van der Waals surface area contributed by atoms with Gasteiger partial charge < -0.3 is 10.8 Å². The van der Waals surface area contributed by atoms with E-state index < -0.39 is 5.97 Å². The molecule has 92 valence electrons. The van der Waals surface area contributed by atoms with E-state index in [4.69, 9.17) is 10.8 Å². The van der Waals surface area contributed by atoms with Crippen LogP contribution in [0.1, 0.15) is 50.0 Å². The van der Waals surface area contributed by atoms with Crippen molar-refractivity contribution in [3.05, 3.63) is 29.3 Å². The highest BCUT2D eigenvalue weighted by Crippen LogP contribution is 2.12. The zero-order valence-electron chi connectivity index (χ0n) is 10.9. The first-order valence-corrected chi connectivity index (χ1v) is 5.62. The van der Waals surface area contributed by atoms with E-state index >= 15 is 0 Å². The molecule has 1 rings (SSSR count). The van der Waals surface area contributed by atoms with Crippen molar-refractivity contribution >= 4 is 11.7 Å². The molecule has 16 heavy (non-hydrogen) atoms. The Morgan fingerprint density at radius 2 is 1.75 bits per heavy atom. The number of benzene rings is 1. The highest BCUT2D eigenvalue weighted by Gasteiger charge is 2.02. The van der Waals surface area contributed by atoms with Gasteiger partial charge in [0.05, 0.1) is 5.56 Å². The lowest BCUT2D eigenvalue weighted by Gasteiger charge is -1.99. The number of nitrogen functional groups attached to an aromatic ring is 1. The smallest absolute Gasteiger partial charge is 0.335 e. The van der Waals surface area contributed by atoms with Crippen LogP contribution < -0.4 is 5.73 Å². The maximum Gasteiger partial charge on any atom is 0.335 e. The van der Waals surface area contributed by atoms with E-state index in [1.807, 2.05) is 13.8 Å². The molecule has 0 saturated heterocycles. The summed E-state index contributed by atoms with van der Waals surface area (Å²) in [4.78, 5) is 10.4. The molecule has 0 spiro atoms. The van der Waals surface area contributed by atoms with Gasteiger partial charge in [-0.3, -0.25) is 0 Å². The molecule has 0 aliphatic carbocycles. The standard InChI is InChI=1S/C8H9NO2.C3H8.C2H6/c1-5-4-6(8(10)11)2-3-7(5)9;1-3-2;1-2/h2-4H,9H2,1H3,(H,10,11);3H2,1-2H3;1-2H3. The van der Waals surface area contributed by atoms with Crippen LogP contribution in [-0.2, 0) is 0 Å². The van der Waals surface area contributed by atoms with Crippen LogP contribution in [-0.4, -0.2) is 11.1 Å². The summed E-state index contributed by atoms with van der Waals surface area (Å²) in [6, 6.07) is 4.64. The van der Waals surface area contributed by atoms with Crippen LogP contribution in [0.5, 0.6) is 0 Å². The molecular weight excluding hydrogens is 202 g/mol. The molecule has 0 aromatic heterocycles. The summed E-state index contributed by atoms with van der Waals surface area (Å²) in [6.45, 7) is 10.0. The fraction of sp³-hybridized carbons (Fsp3) is 0.462. The molecule has 1 aromatic rings. The van der Waals surface area contributed by atoms with Gasteiger partial charge in [-0.05, 0) is 30.7 Å². The number of hydrogen-bond acceptors (Lipinski definition) is 2. The van der Waals surface area contributed by atoms with Crippen molar-refractivity contribution in [1.82, 2.24) is 0 Å². The van der Waals surface area contributed by atoms with Gasteiger partial charge in [0.2, 0.25) is 0 Å². The SMILES string of the molecule is CC.CCC.Cc1cc(C(=O)O)ccc1N. The Morgan fingerprint density at radius 1 is 1.31 bits per heavy atom. The Bertz CT molecular complexity index is 309. The molecule has 0 unspecified atom stereocenters. The number of carboxylic acid groups (broad SMARTS) is 1. The van der Waals surface area contributed by atoms with Gasteiger partial charge in [-0.25, -0.2) is 4.79 Å². The monoisotopic (exact) mass is 225 g/mol. The Kier molecular flexibility index (Phi) is 10.6. The normalized spacial score (nSPS) is 8.06. The number of anilines is 1. The second-order valence-electron chi connectivity index (χ2n) is 3.08. The number of carboxylic acids is 1. The van der Waals surface area contributed by atoms with Crippen molar-refractivity contribution in [3.8, 4) is 0 Å². The lowest BCUT2D eigenvalue weighted by atomic mass is 10.1. The van der Waals surface area contributed by atoms with E-state index in [1.165, 1.54) is 12.5 Å². The summed E-state index contributed by atoms with van der Waals surface area (Å²) in [6.07, 6.45) is 1.25. The first-order valence-electron chi connectivity index (χ1n) is 5.62. The van der Waals surface area contributed by atoms with Crippen LogP contribution in [0.25, 0.3) is 0 Å². The van der Waals surface area contributed by atoms with Crippen LogP contribution in [0.4, 0.5) is 5.69 Å². The summed E-state index contributed by atoms with van der Waals surface area (Å²) >= 11 is 0. The minimum atomic E-state index is -0.923. The molecule has 0 heterocycles. The maximum atomic E-state index is 10.4. The number of nitrogens with two attached hydrogens (primary N) is 1. The van der Waals surface area contributed by atoms with Gasteiger partial charge in [0, 0.05) is 5.69 Å². The molecule has 3 nitrogen and oxygen atoms in total. The van der Waals surface area contributed by atoms with Crippen molar-refractivity contribution in [2.45, 2.75) is 41.0 Å². The van der Waals surface area contributed by atoms with Gasteiger partial charge >= 0.3 is 5.97 Å². The molecule has 0 fully saturated rings. The number of hydrogen-bond donors (Lipinski definition) is 2. The molecule has 0 aliphatic heterocycles. The van der Waals surface area contributed by atoms with Crippen LogP contribution in [0.3, 0.4) is 0 Å². The van der Waals surface area contributed by atoms with Crippen molar-refractivity contribution in [3.63, 3.8) is 0 Å². The van der Waals surface area contributed by atoms with E-state index in [0.29, 0.717) is 5.69 Å². The zero-order chi connectivity index (χ0) is 13.1. The zero-order valence-corrected chi connectivity index (χ0v) is 10.9. The molecule has 0 aliphatic rings. The summed E-state index contributed by atoms with van der Waals surface area (Å²) in [5.41, 5.74) is 7.19. The lowest BCUT2D eigenvalue weighted by Crippen LogP contribution is -1.98. The summed E-state index contributed by atoms with van der Waals surface area (Å²) < 4.78 is 0. The summed E-state index contributed by atoms with van der Waals surface area (Å²) in [5.74, 6) is -0.923. The van der Waals surface area contributed by atoms with E-state index in [1.54, 1.807) is 19.1 Å². The average molecular weight is 225 g/mol. The molecule has 3 heteroatoms. The van der Waals surface area contributed by atoms with Gasteiger partial charge in [-0.15, -0.1) is 0 Å². The lowest BCUT2D eigenvalue weighted by molar-refractivity contribution is 0.0697. The highest BCUT2D eigenvalue weighted by molar-refractivity contribution is 5.88. The third-order valence-corrected chi connectivity index (χ3v) is 1.52. The second-order valence-corrected chi connectivity index (χ2v) is 3.08. The van der Waals surface area contributed by atoms with Crippen LogP contribution in [0.2, 0.25) is 0 Å². The Balaban J connectivity index is 0. The molecule has 0 atom stereocenters. The number of aryl methyl sites for hydroxylation is 1. The third-order valence-electron chi connectivity index (χ3n) is 1.52. The highest BCUT2D eigenvalue weighted by atomic mass is 16.4. The van der Waals surface area contributed by atoms with Crippen molar-refractivity contribution in [2.24, 2.45) is 0 Å². The molecule has 0 bridgehead atoms. The molecule has 0 radical (unpaired) electrons. The average Bonchev–Trinajstić information content (AvgIpc) is 2.26. The van der Waals surface area contributed by atoms with E-state index in [0.717, 1.165) is 5.56 Å². The predicted molar refractivity (Wildman–Crippen MR) is 69.9 cm³/mol. The molecule has 0 amide bonds. The van der Waals surface area contributed by atoms with Gasteiger partial charge in [0.1, 0.15) is 0 Å². The first-order chi connectivity index (χ1) is 7.52. The van der Waals surface area contributed by atoms with Crippen LogP contribution >= 0.6 is 0 Å². The molecular formula is C13H23NO2. The van der Waals surface area contributed by atoms with Crippen molar-refractivity contribution in [2.75, 3.05) is 5.73 Å². The quantitative estimate of drug-likeness (QED) is 0.716. The van der Waals surface area contributed by atoms with Gasteiger partial charge in [-0.1, -0.05) is 34.1 Å². The first kappa shape index (κ1) is 16.9. The minimum absolute atomic E-state index is 0.275. The van der Waals surface area contributed by atoms with E-state index in [2.05, 4.69) is 13.8 Å². The fourth-order valence-electron chi connectivity index (χ4n) is 0.809. The molecule has 1 aromatic carbocycles. The van der Waals surface area contributed by atoms with Crippen molar-refractivity contribution < 1.29 is 9.90 Å². The number of aromatic carboxylic acids is 1. The molecule has 0 saturated carbocycles. The second kappa shape index (κ2) is 10.0. The Hall–Kier alpha value is -1.51. The molecule has 3 N–H and O–H groups in total. The number of carbonyl (C=O) groups is 1. The Morgan fingerprint density at radius 3 is 2.06 bits per heavy atom. The third kappa shape index (κ3) is 6.87. The van der Waals surface area contributed by atoms with Crippen LogP contribution in [0, 0.1) is 6.92 Å².